The summed E-state index contributed by atoms with van der Waals surface area (Å²) in [6.45, 7) is 3.02. The van der Waals surface area contributed by atoms with Gasteiger partial charge in [0.25, 0.3) is 0 Å². The van der Waals surface area contributed by atoms with E-state index >= 15 is 0 Å². The second-order valence-electron chi connectivity index (χ2n) is 4.88. The van der Waals surface area contributed by atoms with Crippen molar-refractivity contribution >= 4 is 31.9 Å². The van der Waals surface area contributed by atoms with Crippen LogP contribution in [-0.2, 0) is 0 Å². The first kappa shape index (κ1) is 14.9. The fourth-order valence-electron chi connectivity index (χ4n) is 2.36. The van der Waals surface area contributed by atoms with Crippen molar-refractivity contribution in [3.05, 3.63) is 57.3 Å². The molecule has 0 amide bonds. The Kier molecular flexibility index (Phi) is 4.22. The standard InChI is InChI=1S/C16H13Br2FO2/c1-9-6-10(19)2-3-11(9)16(18)12-7-14-15(8-13(12)17)21-5-4-20-14/h2-3,6-8,16H,4-5H2,1H3. The van der Waals surface area contributed by atoms with Gasteiger partial charge in [0.2, 0.25) is 0 Å². The molecule has 21 heavy (non-hydrogen) atoms. The Morgan fingerprint density at radius 1 is 1.05 bits per heavy atom. The van der Waals surface area contributed by atoms with Crippen LogP contribution in [0.25, 0.3) is 0 Å². The molecule has 1 unspecified atom stereocenters. The Bertz CT molecular complexity index is 688. The lowest BCUT2D eigenvalue weighted by molar-refractivity contribution is 0.171. The molecule has 0 aliphatic carbocycles. The predicted octanol–water partition coefficient (Wildman–Crippen LogP) is 5.15. The van der Waals surface area contributed by atoms with E-state index in [0.29, 0.717) is 13.2 Å². The highest BCUT2D eigenvalue weighted by molar-refractivity contribution is 9.11. The van der Waals surface area contributed by atoms with Crippen LogP contribution in [0.1, 0.15) is 21.5 Å². The third-order valence-electron chi connectivity index (χ3n) is 3.44. The summed E-state index contributed by atoms with van der Waals surface area (Å²) < 4.78 is 25.4. The summed E-state index contributed by atoms with van der Waals surface area (Å²) in [6, 6.07) is 8.68. The van der Waals surface area contributed by atoms with Crippen molar-refractivity contribution in [1.29, 1.82) is 0 Å². The number of aryl methyl sites for hydroxylation is 1. The van der Waals surface area contributed by atoms with Crippen LogP contribution in [0.5, 0.6) is 11.5 Å². The monoisotopic (exact) mass is 414 g/mol. The average Bonchev–Trinajstić information content (AvgIpc) is 2.46. The van der Waals surface area contributed by atoms with Crippen LogP contribution in [0.3, 0.4) is 0 Å². The topological polar surface area (TPSA) is 18.5 Å². The third kappa shape index (κ3) is 2.94. The lowest BCUT2D eigenvalue weighted by Gasteiger charge is -2.22. The number of hydrogen-bond acceptors (Lipinski definition) is 2. The first-order valence-electron chi connectivity index (χ1n) is 6.55. The quantitative estimate of drug-likeness (QED) is 0.631. The number of halogens is 3. The van der Waals surface area contributed by atoms with Crippen LogP contribution in [-0.4, -0.2) is 13.2 Å². The van der Waals surface area contributed by atoms with E-state index in [1.54, 1.807) is 6.07 Å². The summed E-state index contributed by atoms with van der Waals surface area (Å²) in [7, 11) is 0. The summed E-state index contributed by atoms with van der Waals surface area (Å²) in [5.74, 6) is 1.26. The van der Waals surface area contributed by atoms with Crippen LogP contribution in [0.2, 0.25) is 0 Å². The Hall–Kier alpha value is -1.07. The molecule has 3 rings (SSSR count). The van der Waals surface area contributed by atoms with E-state index in [1.807, 2.05) is 19.1 Å². The molecule has 5 heteroatoms. The summed E-state index contributed by atoms with van der Waals surface area (Å²) in [6.07, 6.45) is 0. The number of fused-ring (bicyclic) bond motifs is 1. The van der Waals surface area contributed by atoms with Crippen molar-refractivity contribution < 1.29 is 13.9 Å². The molecule has 0 bridgehead atoms. The van der Waals surface area contributed by atoms with Crippen molar-refractivity contribution in [1.82, 2.24) is 0 Å². The minimum Gasteiger partial charge on any atom is -0.486 e. The molecule has 0 N–H and O–H groups in total. The molecule has 0 radical (unpaired) electrons. The molecule has 2 aromatic carbocycles. The van der Waals surface area contributed by atoms with Crippen molar-refractivity contribution in [3.63, 3.8) is 0 Å². The van der Waals surface area contributed by atoms with Crippen molar-refractivity contribution in [2.45, 2.75) is 11.8 Å². The first-order valence-corrected chi connectivity index (χ1v) is 8.26. The van der Waals surface area contributed by atoms with E-state index in [9.17, 15) is 4.39 Å². The van der Waals surface area contributed by atoms with Gasteiger partial charge in [-0.2, -0.15) is 0 Å². The van der Waals surface area contributed by atoms with Crippen molar-refractivity contribution in [2.75, 3.05) is 13.2 Å². The van der Waals surface area contributed by atoms with Gasteiger partial charge in [-0.05, 0) is 47.9 Å². The maximum absolute atomic E-state index is 13.3. The Morgan fingerprint density at radius 3 is 2.38 bits per heavy atom. The van der Waals surface area contributed by atoms with Gasteiger partial charge < -0.3 is 9.47 Å². The van der Waals surface area contributed by atoms with Gasteiger partial charge in [-0.1, -0.05) is 37.9 Å². The molecule has 1 atom stereocenters. The van der Waals surface area contributed by atoms with Crippen molar-refractivity contribution in [2.24, 2.45) is 0 Å². The molecule has 1 aliphatic rings. The van der Waals surface area contributed by atoms with E-state index in [2.05, 4.69) is 31.9 Å². The number of alkyl halides is 1. The highest BCUT2D eigenvalue weighted by atomic mass is 79.9. The van der Waals surface area contributed by atoms with E-state index in [1.165, 1.54) is 12.1 Å². The molecule has 1 heterocycles. The Morgan fingerprint density at radius 2 is 1.71 bits per heavy atom. The normalized spacial score (nSPS) is 14.9. The minimum absolute atomic E-state index is 0.0525. The summed E-state index contributed by atoms with van der Waals surface area (Å²) in [5, 5.41) is 0. The molecule has 0 spiro atoms. The van der Waals surface area contributed by atoms with Gasteiger partial charge in [-0.3, -0.25) is 0 Å². The zero-order chi connectivity index (χ0) is 15.0. The summed E-state index contributed by atoms with van der Waals surface area (Å²) >= 11 is 7.27. The molecular formula is C16H13Br2FO2. The SMILES string of the molecule is Cc1cc(F)ccc1C(Br)c1cc2c(cc1Br)OCCO2. The fraction of sp³-hybridized carbons (Fsp3) is 0.250. The van der Waals surface area contributed by atoms with Crippen LogP contribution in [0.15, 0.2) is 34.8 Å². The molecular weight excluding hydrogens is 403 g/mol. The average molecular weight is 416 g/mol. The summed E-state index contributed by atoms with van der Waals surface area (Å²) in [4.78, 5) is -0.0525. The Balaban J connectivity index is 2.03. The number of benzene rings is 2. The third-order valence-corrected chi connectivity index (χ3v) is 5.11. The fourth-order valence-corrected chi connectivity index (χ4v) is 4.12. The van der Waals surface area contributed by atoms with Crippen LogP contribution in [0, 0.1) is 12.7 Å². The van der Waals surface area contributed by atoms with Gasteiger partial charge in [0.15, 0.2) is 11.5 Å². The van der Waals surface area contributed by atoms with Gasteiger partial charge >= 0.3 is 0 Å². The van der Waals surface area contributed by atoms with E-state index in [0.717, 1.165) is 32.7 Å². The molecule has 2 aromatic rings. The van der Waals surface area contributed by atoms with E-state index < -0.39 is 0 Å². The van der Waals surface area contributed by atoms with Gasteiger partial charge in [-0.15, -0.1) is 0 Å². The van der Waals surface area contributed by atoms with E-state index in [4.69, 9.17) is 9.47 Å². The Labute approximate surface area is 139 Å². The van der Waals surface area contributed by atoms with Gasteiger partial charge in [0.05, 0.1) is 4.83 Å². The second kappa shape index (κ2) is 5.97. The molecule has 110 valence electrons. The minimum atomic E-state index is -0.225. The lowest BCUT2D eigenvalue weighted by atomic mass is 10.00. The molecule has 0 saturated carbocycles. The molecule has 0 fully saturated rings. The number of rotatable bonds is 2. The number of ether oxygens (including phenoxy) is 2. The molecule has 0 aromatic heterocycles. The molecule has 1 aliphatic heterocycles. The molecule has 2 nitrogen and oxygen atoms in total. The second-order valence-corrected chi connectivity index (χ2v) is 6.65. The predicted molar refractivity (Wildman–Crippen MR) is 87.0 cm³/mol. The zero-order valence-electron chi connectivity index (χ0n) is 11.3. The van der Waals surface area contributed by atoms with Gasteiger partial charge in [0, 0.05) is 4.47 Å². The highest BCUT2D eigenvalue weighted by Gasteiger charge is 2.21. The van der Waals surface area contributed by atoms with Gasteiger partial charge in [0.1, 0.15) is 19.0 Å². The zero-order valence-corrected chi connectivity index (χ0v) is 14.5. The molecule has 0 saturated heterocycles. The van der Waals surface area contributed by atoms with Crippen LogP contribution in [0.4, 0.5) is 4.39 Å². The maximum Gasteiger partial charge on any atom is 0.162 e. The first-order chi connectivity index (χ1) is 10.1. The maximum atomic E-state index is 13.3. The summed E-state index contributed by atoms with van der Waals surface area (Å²) in [5.41, 5.74) is 2.95. The van der Waals surface area contributed by atoms with Crippen LogP contribution >= 0.6 is 31.9 Å². The largest absolute Gasteiger partial charge is 0.486 e. The van der Waals surface area contributed by atoms with E-state index in [-0.39, 0.29) is 10.6 Å². The lowest BCUT2D eigenvalue weighted by Crippen LogP contribution is -2.15. The number of hydrogen-bond donors (Lipinski definition) is 0. The highest BCUT2D eigenvalue weighted by Crippen LogP contribution is 2.43. The van der Waals surface area contributed by atoms with Gasteiger partial charge in [-0.25, -0.2) is 4.39 Å². The van der Waals surface area contributed by atoms with Crippen molar-refractivity contribution in [3.8, 4) is 11.5 Å². The smallest absolute Gasteiger partial charge is 0.162 e. The van der Waals surface area contributed by atoms with Crippen LogP contribution < -0.4 is 9.47 Å².